The van der Waals surface area contributed by atoms with Crippen LogP contribution in [0.5, 0.6) is 0 Å². The van der Waals surface area contributed by atoms with Gasteiger partial charge < -0.3 is 15.3 Å². The van der Waals surface area contributed by atoms with Crippen molar-refractivity contribution < 1.29 is 19.5 Å². The van der Waals surface area contributed by atoms with Crippen molar-refractivity contribution in [2.75, 3.05) is 13.1 Å². The Bertz CT molecular complexity index is 766. The molecule has 0 spiro atoms. The third kappa shape index (κ3) is 4.63. The Hall–Kier alpha value is -2.74. The predicted molar refractivity (Wildman–Crippen MR) is 93.9 cm³/mol. The van der Waals surface area contributed by atoms with Gasteiger partial charge in [0.05, 0.1) is 6.54 Å². The van der Waals surface area contributed by atoms with E-state index in [4.69, 9.17) is 5.11 Å². The lowest BCUT2D eigenvalue weighted by Gasteiger charge is -2.18. The fourth-order valence-electron chi connectivity index (χ4n) is 2.21. The van der Waals surface area contributed by atoms with Gasteiger partial charge in [0.15, 0.2) is 5.69 Å². The third-order valence-electron chi connectivity index (χ3n) is 3.62. The Kier molecular flexibility index (Phi) is 6.24. The molecule has 1 aromatic carbocycles. The monoisotopic (exact) mass is 361 g/mol. The van der Waals surface area contributed by atoms with Crippen molar-refractivity contribution in [2.24, 2.45) is 0 Å². The van der Waals surface area contributed by atoms with Gasteiger partial charge in [0, 0.05) is 29.6 Å². The van der Waals surface area contributed by atoms with Gasteiger partial charge in [-0.3, -0.25) is 9.59 Å². The maximum atomic E-state index is 12.2. The van der Waals surface area contributed by atoms with Crippen LogP contribution in [0, 0.1) is 0 Å². The summed E-state index contributed by atoms with van der Waals surface area (Å²) in [6, 6.07) is 6.44. The number of amides is 2. The van der Waals surface area contributed by atoms with Crippen molar-refractivity contribution in [3.05, 3.63) is 51.5 Å². The number of carboxylic acids is 1. The minimum absolute atomic E-state index is 0.0338. The number of rotatable bonds is 7. The maximum absolute atomic E-state index is 12.2. The van der Waals surface area contributed by atoms with Crippen molar-refractivity contribution in [3.8, 4) is 0 Å². The summed E-state index contributed by atoms with van der Waals surface area (Å²) in [5.74, 6) is -1.47. The Labute approximate surface area is 149 Å². The molecule has 0 aliphatic heterocycles. The van der Waals surface area contributed by atoms with Gasteiger partial charge in [0.25, 0.3) is 11.8 Å². The van der Waals surface area contributed by atoms with Gasteiger partial charge in [0.1, 0.15) is 5.01 Å². The topological polar surface area (TPSA) is 99.6 Å². The van der Waals surface area contributed by atoms with E-state index in [0.717, 1.165) is 0 Å². The number of nitrogens with one attached hydrogen (secondary N) is 1. The summed E-state index contributed by atoms with van der Waals surface area (Å²) < 4.78 is 0. The Morgan fingerprint density at radius 1 is 1.12 bits per heavy atom. The normalized spacial score (nSPS) is 10.3. The van der Waals surface area contributed by atoms with Crippen LogP contribution in [0.2, 0.25) is 0 Å². The molecule has 2 aromatic rings. The summed E-state index contributed by atoms with van der Waals surface area (Å²) in [6.45, 7) is 5.24. The molecule has 0 saturated heterocycles. The Morgan fingerprint density at radius 2 is 1.72 bits per heavy atom. The van der Waals surface area contributed by atoms with Gasteiger partial charge in [-0.25, -0.2) is 9.78 Å². The molecule has 0 aliphatic carbocycles. The van der Waals surface area contributed by atoms with Crippen LogP contribution >= 0.6 is 11.3 Å². The second-order valence-electron chi connectivity index (χ2n) is 5.17. The number of aromatic nitrogens is 1. The zero-order valence-corrected chi connectivity index (χ0v) is 14.8. The first-order valence-electron chi connectivity index (χ1n) is 7.81. The van der Waals surface area contributed by atoms with Crippen LogP contribution in [0.25, 0.3) is 0 Å². The zero-order chi connectivity index (χ0) is 18.4. The summed E-state index contributed by atoms with van der Waals surface area (Å²) in [4.78, 5) is 40.8. The van der Waals surface area contributed by atoms with Crippen molar-refractivity contribution in [1.29, 1.82) is 0 Å². The van der Waals surface area contributed by atoms with Crippen molar-refractivity contribution in [3.63, 3.8) is 0 Å². The maximum Gasteiger partial charge on any atom is 0.355 e. The number of carbonyl (C=O) groups is 3. The molecule has 132 valence electrons. The van der Waals surface area contributed by atoms with E-state index in [1.54, 1.807) is 29.2 Å². The fraction of sp³-hybridized carbons (Fsp3) is 0.294. The molecule has 0 unspecified atom stereocenters. The number of thiazole rings is 1. The largest absolute Gasteiger partial charge is 0.476 e. The third-order valence-corrected chi connectivity index (χ3v) is 4.46. The average Bonchev–Trinajstić information content (AvgIpc) is 3.10. The quantitative estimate of drug-likeness (QED) is 0.788. The Morgan fingerprint density at radius 3 is 2.24 bits per heavy atom. The van der Waals surface area contributed by atoms with E-state index in [2.05, 4.69) is 10.3 Å². The average molecular weight is 361 g/mol. The lowest BCUT2D eigenvalue weighted by Crippen LogP contribution is -2.30. The molecule has 8 heteroatoms. The number of benzene rings is 1. The van der Waals surface area contributed by atoms with E-state index in [1.807, 2.05) is 13.8 Å². The molecule has 1 aromatic heterocycles. The molecule has 0 bridgehead atoms. The zero-order valence-electron chi connectivity index (χ0n) is 14.0. The molecule has 0 radical (unpaired) electrons. The molecule has 7 nitrogen and oxygen atoms in total. The van der Waals surface area contributed by atoms with Crippen LogP contribution in [-0.2, 0) is 6.54 Å². The SMILES string of the molecule is CCN(CC)C(=O)c1ccc(C(=O)NCc2nc(C(=O)O)cs2)cc1. The molecule has 1 heterocycles. The van der Waals surface area contributed by atoms with Gasteiger partial charge in [-0.15, -0.1) is 11.3 Å². The van der Waals surface area contributed by atoms with Crippen LogP contribution in [0.1, 0.15) is 50.1 Å². The number of carboxylic acid groups (broad SMARTS) is 1. The predicted octanol–water partition coefficient (Wildman–Crippen LogP) is 2.25. The molecule has 0 aliphatic rings. The van der Waals surface area contributed by atoms with Crippen molar-refractivity contribution in [1.82, 2.24) is 15.2 Å². The standard InChI is InChI=1S/C17H19N3O4S/c1-3-20(4-2)16(22)12-7-5-11(6-8-12)15(21)18-9-14-19-13(10-25-14)17(23)24/h5-8,10H,3-4,9H2,1-2H3,(H,18,21)(H,23,24). The van der Waals surface area contributed by atoms with Gasteiger partial charge >= 0.3 is 5.97 Å². The highest BCUT2D eigenvalue weighted by molar-refractivity contribution is 7.09. The van der Waals surface area contributed by atoms with Crippen molar-refractivity contribution >= 4 is 29.1 Å². The molecule has 2 rings (SSSR count). The molecule has 2 N–H and O–H groups in total. The summed E-state index contributed by atoms with van der Waals surface area (Å²) in [6.07, 6.45) is 0. The minimum Gasteiger partial charge on any atom is -0.476 e. The summed E-state index contributed by atoms with van der Waals surface area (Å²) in [5, 5.41) is 13.4. The van der Waals surface area contributed by atoms with Crippen molar-refractivity contribution in [2.45, 2.75) is 20.4 Å². The number of hydrogen-bond acceptors (Lipinski definition) is 5. The molecule has 2 amide bonds. The second-order valence-corrected chi connectivity index (χ2v) is 6.11. The van der Waals surface area contributed by atoms with E-state index in [0.29, 0.717) is 29.2 Å². The lowest BCUT2D eigenvalue weighted by atomic mass is 10.1. The van der Waals surface area contributed by atoms with E-state index in [9.17, 15) is 14.4 Å². The van der Waals surface area contributed by atoms with Crippen LogP contribution < -0.4 is 5.32 Å². The molecular weight excluding hydrogens is 342 g/mol. The first-order chi connectivity index (χ1) is 12.0. The number of carbonyl (C=O) groups excluding carboxylic acids is 2. The van der Waals surface area contributed by atoms with E-state index >= 15 is 0 Å². The van der Waals surface area contributed by atoms with Crippen LogP contribution in [0.3, 0.4) is 0 Å². The highest BCUT2D eigenvalue weighted by Crippen LogP contribution is 2.11. The van der Waals surface area contributed by atoms with Gasteiger partial charge in [-0.05, 0) is 38.1 Å². The highest BCUT2D eigenvalue weighted by atomic mass is 32.1. The summed E-state index contributed by atoms with van der Waals surface area (Å²) in [5.41, 5.74) is 0.922. The van der Waals surface area contributed by atoms with Gasteiger partial charge in [-0.2, -0.15) is 0 Å². The first-order valence-corrected chi connectivity index (χ1v) is 8.69. The molecule has 25 heavy (non-hydrogen) atoms. The van der Waals surface area contributed by atoms with E-state index < -0.39 is 5.97 Å². The van der Waals surface area contributed by atoms with Gasteiger partial charge in [0.2, 0.25) is 0 Å². The van der Waals surface area contributed by atoms with Gasteiger partial charge in [-0.1, -0.05) is 0 Å². The first kappa shape index (κ1) is 18.6. The van der Waals surface area contributed by atoms with E-state index in [-0.39, 0.29) is 24.1 Å². The molecule has 0 saturated carbocycles. The number of hydrogen-bond donors (Lipinski definition) is 2. The molecule has 0 atom stereocenters. The van der Waals surface area contributed by atoms with Crippen LogP contribution in [0.4, 0.5) is 0 Å². The van der Waals surface area contributed by atoms with Crippen LogP contribution in [0.15, 0.2) is 29.6 Å². The minimum atomic E-state index is -1.10. The molecule has 0 fully saturated rings. The Balaban J connectivity index is 1.97. The smallest absolute Gasteiger partial charge is 0.355 e. The fourth-order valence-corrected chi connectivity index (χ4v) is 2.91. The number of nitrogens with zero attached hydrogens (tertiary/aromatic N) is 2. The lowest BCUT2D eigenvalue weighted by molar-refractivity contribution is 0.0690. The van der Waals surface area contributed by atoms with Crippen LogP contribution in [-0.4, -0.2) is 45.9 Å². The highest BCUT2D eigenvalue weighted by Gasteiger charge is 2.14. The summed E-state index contributed by atoms with van der Waals surface area (Å²) in [7, 11) is 0. The number of aromatic carboxylic acids is 1. The van der Waals surface area contributed by atoms with E-state index in [1.165, 1.54) is 16.7 Å². The second kappa shape index (κ2) is 8.39. The summed E-state index contributed by atoms with van der Waals surface area (Å²) >= 11 is 1.17. The molecular formula is C17H19N3O4S.